The van der Waals surface area contributed by atoms with E-state index in [1.54, 1.807) is 36.1 Å². The highest BCUT2D eigenvalue weighted by molar-refractivity contribution is 5.95. The molecular formula is C29H38FN5O5. The molecule has 1 aliphatic rings. The van der Waals surface area contributed by atoms with Gasteiger partial charge in [-0.3, -0.25) is 9.59 Å². The van der Waals surface area contributed by atoms with Gasteiger partial charge in [-0.05, 0) is 62.9 Å². The van der Waals surface area contributed by atoms with Crippen molar-refractivity contribution < 1.29 is 27.7 Å². The number of hydrogen-bond donors (Lipinski definition) is 1. The SMILES string of the molecule is CC(C)CCc1nc(-c2ccc(OCCCN3CCCN(C(=O)[C@H](C)NC(=O)c4ccco4)CC3)cc2F)no1. The first kappa shape index (κ1) is 29.3. The van der Waals surface area contributed by atoms with Gasteiger partial charge in [0, 0.05) is 38.7 Å². The Hall–Kier alpha value is -3.73. The molecular weight excluding hydrogens is 517 g/mol. The Morgan fingerprint density at radius 1 is 1.15 bits per heavy atom. The number of ether oxygens (including phenoxy) is 1. The number of furan rings is 1. The summed E-state index contributed by atoms with van der Waals surface area (Å²) in [6.45, 7) is 9.99. The van der Waals surface area contributed by atoms with Gasteiger partial charge in [0.05, 0.1) is 18.4 Å². The highest BCUT2D eigenvalue weighted by Crippen LogP contribution is 2.25. The number of amides is 2. The summed E-state index contributed by atoms with van der Waals surface area (Å²) in [5.41, 5.74) is 0.283. The molecule has 3 aromatic rings. The van der Waals surface area contributed by atoms with Crippen LogP contribution in [0.3, 0.4) is 0 Å². The van der Waals surface area contributed by atoms with E-state index in [9.17, 15) is 14.0 Å². The van der Waals surface area contributed by atoms with Crippen LogP contribution in [-0.2, 0) is 11.2 Å². The number of hydrogen-bond acceptors (Lipinski definition) is 8. The van der Waals surface area contributed by atoms with Crippen LogP contribution in [0.25, 0.3) is 11.4 Å². The van der Waals surface area contributed by atoms with Gasteiger partial charge in [0.1, 0.15) is 17.6 Å². The zero-order valence-corrected chi connectivity index (χ0v) is 23.4. The normalized spacial score (nSPS) is 15.2. The second kappa shape index (κ2) is 14.1. The lowest BCUT2D eigenvalue weighted by Crippen LogP contribution is -2.48. The number of halogens is 1. The monoisotopic (exact) mass is 555 g/mol. The molecule has 0 radical (unpaired) electrons. The average Bonchev–Trinajstić information content (AvgIpc) is 3.59. The van der Waals surface area contributed by atoms with Crippen molar-refractivity contribution in [2.45, 2.75) is 52.5 Å². The maximum atomic E-state index is 14.7. The lowest BCUT2D eigenvalue weighted by Gasteiger charge is -2.25. The van der Waals surface area contributed by atoms with Crippen molar-refractivity contribution in [1.29, 1.82) is 0 Å². The Balaban J connectivity index is 1.18. The lowest BCUT2D eigenvalue weighted by atomic mass is 10.1. The van der Waals surface area contributed by atoms with E-state index in [0.29, 0.717) is 43.7 Å². The number of rotatable bonds is 12. The van der Waals surface area contributed by atoms with Crippen molar-refractivity contribution in [2.75, 3.05) is 39.3 Å². The number of carbonyl (C=O) groups excluding carboxylic acids is 2. The maximum Gasteiger partial charge on any atom is 0.287 e. The second-order valence-corrected chi connectivity index (χ2v) is 10.5. The topological polar surface area (TPSA) is 114 Å². The van der Waals surface area contributed by atoms with Gasteiger partial charge in [0.15, 0.2) is 5.76 Å². The largest absolute Gasteiger partial charge is 0.493 e. The van der Waals surface area contributed by atoms with Crippen molar-refractivity contribution in [3.05, 3.63) is 54.1 Å². The summed E-state index contributed by atoms with van der Waals surface area (Å²) < 4.78 is 30.9. The Morgan fingerprint density at radius 3 is 2.75 bits per heavy atom. The van der Waals surface area contributed by atoms with E-state index >= 15 is 0 Å². The van der Waals surface area contributed by atoms with Crippen molar-refractivity contribution in [2.24, 2.45) is 5.92 Å². The molecule has 0 unspecified atom stereocenters. The molecule has 1 atom stereocenters. The first-order valence-electron chi connectivity index (χ1n) is 13.9. The minimum atomic E-state index is -0.642. The van der Waals surface area contributed by atoms with Crippen LogP contribution in [-0.4, -0.2) is 77.1 Å². The summed E-state index contributed by atoms with van der Waals surface area (Å²) in [4.78, 5) is 33.5. The van der Waals surface area contributed by atoms with Gasteiger partial charge in [-0.2, -0.15) is 4.98 Å². The van der Waals surface area contributed by atoms with Gasteiger partial charge in [0.2, 0.25) is 17.6 Å². The molecule has 1 aromatic carbocycles. The van der Waals surface area contributed by atoms with Crippen molar-refractivity contribution >= 4 is 11.8 Å². The quantitative estimate of drug-likeness (QED) is 0.331. The van der Waals surface area contributed by atoms with Crippen LogP contribution in [0, 0.1) is 11.7 Å². The molecule has 1 saturated heterocycles. The number of aryl methyl sites for hydroxylation is 1. The highest BCUT2D eigenvalue weighted by atomic mass is 19.1. The molecule has 1 fully saturated rings. The fraction of sp³-hybridized carbons (Fsp3) is 0.517. The van der Waals surface area contributed by atoms with Crippen LogP contribution in [0.15, 0.2) is 45.5 Å². The molecule has 0 spiro atoms. The van der Waals surface area contributed by atoms with Gasteiger partial charge in [-0.1, -0.05) is 19.0 Å². The van der Waals surface area contributed by atoms with Gasteiger partial charge in [-0.15, -0.1) is 0 Å². The van der Waals surface area contributed by atoms with E-state index in [0.717, 1.165) is 38.9 Å². The standard InChI is InChI=1S/C29H38FN5O5/c1-20(2)8-11-26-32-27(33-40-26)23-10-9-22(19-24(23)30)38-18-6-13-34-12-5-14-35(16-15-34)29(37)21(3)31-28(36)25-7-4-17-39-25/h4,7,9-10,17,19-21H,5-6,8,11-16,18H2,1-3H3,(H,31,36)/t21-/m0/s1. The second-order valence-electron chi connectivity index (χ2n) is 10.5. The molecule has 4 rings (SSSR count). The molecule has 40 heavy (non-hydrogen) atoms. The van der Waals surface area contributed by atoms with Gasteiger partial charge in [0.25, 0.3) is 5.91 Å². The fourth-order valence-corrected chi connectivity index (χ4v) is 4.55. The molecule has 1 N–H and O–H groups in total. The number of nitrogens with zero attached hydrogens (tertiary/aromatic N) is 4. The smallest absolute Gasteiger partial charge is 0.287 e. The molecule has 3 heterocycles. The summed E-state index contributed by atoms with van der Waals surface area (Å²) in [5, 5.41) is 6.62. The third-order valence-corrected chi connectivity index (χ3v) is 6.84. The van der Waals surface area contributed by atoms with Crippen LogP contribution in [0.5, 0.6) is 5.75 Å². The van der Waals surface area contributed by atoms with E-state index in [2.05, 4.69) is 34.2 Å². The number of nitrogens with one attached hydrogen (secondary N) is 1. The summed E-state index contributed by atoms with van der Waals surface area (Å²) in [5.74, 6) is 0.927. The third-order valence-electron chi connectivity index (χ3n) is 6.84. The molecule has 0 saturated carbocycles. The van der Waals surface area contributed by atoms with Crippen LogP contribution < -0.4 is 10.1 Å². The molecule has 11 heteroatoms. The van der Waals surface area contributed by atoms with E-state index < -0.39 is 17.8 Å². The lowest BCUT2D eigenvalue weighted by molar-refractivity contribution is -0.132. The van der Waals surface area contributed by atoms with Crippen molar-refractivity contribution in [3.63, 3.8) is 0 Å². The molecule has 0 aliphatic carbocycles. The van der Waals surface area contributed by atoms with Gasteiger partial charge < -0.3 is 28.8 Å². The number of aromatic nitrogens is 2. The van der Waals surface area contributed by atoms with Crippen LogP contribution in [0.1, 0.15) is 56.5 Å². The van der Waals surface area contributed by atoms with Crippen molar-refractivity contribution in [3.8, 4) is 17.1 Å². The fourth-order valence-electron chi connectivity index (χ4n) is 4.55. The molecule has 0 bridgehead atoms. The van der Waals surface area contributed by atoms with Gasteiger partial charge >= 0.3 is 0 Å². The van der Waals surface area contributed by atoms with Crippen LogP contribution in [0.2, 0.25) is 0 Å². The molecule has 2 amide bonds. The first-order chi connectivity index (χ1) is 19.3. The average molecular weight is 556 g/mol. The predicted octanol–water partition coefficient (Wildman–Crippen LogP) is 4.18. The van der Waals surface area contributed by atoms with E-state index in [4.69, 9.17) is 13.7 Å². The first-order valence-corrected chi connectivity index (χ1v) is 13.9. The molecule has 1 aliphatic heterocycles. The van der Waals surface area contributed by atoms with Crippen molar-refractivity contribution in [1.82, 2.24) is 25.3 Å². The van der Waals surface area contributed by atoms with E-state index in [-0.39, 0.29) is 23.1 Å². The predicted molar refractivity (Wildman–Crippen MR) is 146 cm³/mol. The zero-order valence-electron chi connectivity index (χ0n) is 23.4. The minimum Gasteiger partial charge on any atom is -0.493 e. The number of carbonyl (C=O) groups is 2. The summed E-state index contributed by atoms with van der Waals surface area (Å²) >= 11 is 0. The van der Waals surface area contributed by atoms with E-state index in [1.807, 2.05) is 0 Å². The zero-order chi connectivity index (χ0) is 28.5. The molecule has 2 aromatic heterocycles. The Bertz CT molecular complexity index is 1250. The minimum absolute atomic E-state index is 0.108. The maximum absolute atomic E-state index is 14.7. The summed E-state index contributed by atoms with van der Waals surface area (Å²) in [6, 6.07) is 7.22. The molecule has 216 valence electrons. The Labute approximate surface area is 233 Å². The highest BCUT2D eigenvalue weighted by Gasteiger charge is 2.25. The number of benzene rings is 1. The molecule has 10 nitrogen and oxygen atoms in total. The Kier molecular flexibility index (Phi) is 10.3. The summed E-state index contributed by atoms with van der Waals surface area (Å²) in [7, 11) is 0. The summed E-state index contributed by atoms with van der Waals surface area (Å²) in [6.07, 6.45) is 4.62. The Morgan fingerprint density at radius 2 is 2.00 bits per heavy atom. The van der Waals surface area contributed by atoms with Gasteiger partial charge in [-0.25, -0.2) is 4.39 Å². The third kappa shape index (κ3) is 8.14. The van der Waals surface area contributed by atoms with Crippen LogP contribution in [0.4, 0.5) is 4.39 Å². The van der Waals surface area contributed by atoms with Crippen LogP contribution >= 0.6 is 0 Å². The van der Waals surface area contributed by atoms with E-state index in [1.165, 1.54) is 12.3 Å².